The Hall–Kier alpha value is -3.72. The summed E-state index contributed by atoms with van der Waals surface area (Å²) in [6.07, 6.45) is 4.34. The van der Waals surface area contributed by atoms with E-state index in [1.54, 1.807) is 18.2 Å². The maximum absolute atomic E-state index is 14.4. The van der Waals surface area contributed by atoms with Crippen molar-refractivity contribution in [1.29, 1.82) is 0 Å². The largest absolute Gasteiger partial charge is 0.494 e. The molecule has 0 radical (unpaired) electrons. The van der Waals surface area contributed by atoms with Gasteiger partial charge in [0.2, 0.25) is 5.82 Å². The number of nitrogens with two attached hydrogens (primary N) is 1. The zero-order valence-corrected chi connectivity index (χ0v) is 18.1. The molecule has 2 heterocycles. The van der Waals surface area contributed by atoms with Gasteiger partial charge >= 0.3 is 0 Å². The van der Waals surface area contributed by atoms with Gasteiger partial charge in [-0.05, 0) is 62.1 Å². The molecule has 1 fully saturated rings. The first kappa shape index (κ1) is 21.1. The van der Waals surface area contributed by atoms with Crippen molar-refractivity contribution in [2.45, 2.75) is 37.8 Å². The first-order valence-electron chi connectivity index (χ1n) is 10.8. The Morgan fingerprint density at radius 3 is 2.64 bits per heavy atom. The molecule has 1 aliphatic rings. The van der Waals surface area contributed by atoms with Crippen LogP contribution in [0.3, 0.4) is 0 Å². The van der Waals surface area contributed by atoms with Crippen LogP contribution in [0.15, 0.2) is 48.8 Å². The molecule has 33 heavy (non-hydrogen) atoms. The van der Waals surface area contributed by atoms with Crippen molar-refractivity contribution in [2.75, 3.05) is 12.8 Å². The summed E-state index contributed by atoms with van der Waals surface area (Å²) in [7, 11) is 1.41. The van der Waals surface area contributed by atoms with Crippen molar-refractivity contribution in [3.63, 3.8) is 0 Å². The Kier molecular flexibility index (Phi) is 5.55. The average molecular weight is 449 g/mol. The Morgan fingerprint density at radius 2 is 1.88 bits per heavy atom. The van der Waals surface area contributed by atoms with E-state index < -0.39 is 5.82 Å². The average Bonchev–Trinajstić information content (AvgIpc) is 3.22. The molecule has 2 aromatic carbocycles. The highest BCUT2D eigenvalue weighted by Crippen LogP contribution is 2.37. The van der Waals surface area contributed by atoms with E-state index in [0.29, 0.717) is 34.7 Å². The molecular weight excluding hydrogens is 425 g/mol. The van der Waals surface area contributed by atoms with E-state index in [1.165, 1.54) is 25.6 Å². The number of methoxy groups -OCH3 is 1. The summed E-state index contributed by atoms with van der Waals surface area (Å²) in [6, 6.07) is 11.9. The fourth-order valence-electron chi connectivity index (χ4n) is 4.35. The highest BCUT2D eigenvalue weighted by Gasteiger charge is 2.26. The number of rotatable bonds is 5. The minimum atomic E-state index is -0.562. The Labute approximate surface area is 189 Å². The van der Waals surface area contributed by atoms with Crippen molar-refractivity contribution < 1.29 is 19.0 Å². The van der Waals surface area contributed by atoms with Crippen molar-refractivity contribution in [3.05, 3.63) is 54.6 Å². The molecular formula is C24H24FN5O3. The maximum atomic E-state index is 14.4. The summed E-state index contributed by atoms with van der Waals surface area (Å²) in [6.45, 7) is 0. The fourth-order valence-corrected chi connectivity index (χ4v) is 4.35. The zero-order valence-electron chi connectivity index (χ0n) is 18.1. The summed E-state index contributed by atoms with van der Waals surface area (Å²) in [4.78, 5) is 8.59. The second kappa shape index (κ2) is 8.67. The van der Waals surface area contributed by atoms with Crippen LogP contribution in [0.1, 0.15) is 31.7 Å². The molecule has 1 aliphatic carbocycles. The van der Waals surface area contributed by atoms with Crippen LogP contribution in [0.5, 0.6) is 17.2 Å². The van der Waals surface area contributed by atoms with Crippen molar-refractivity contribution in [3.8, 4) is 28.5 Å². The van der Waals surface area contributed by atoms with Crippen LogP contribution in [0.2, 0.25) is 0 Å². The Balaban J connectivity index is 1.49. The highest BCUT2D eigenvalue weighted by molar-refractivity contribution is 5.98. The van der Waals surface area contributed by atoms with Gasteiger partial charge in [-0.2, -0.15) is 9.49 Å². The van der Waals surface area contributed by atoms with Crippen LogP contribution in [-0.4, -0.2) is 38.1 Å². The number of hydrogen-bond donors (Lipinski definition) is 2. The molecule has 0 unspecified atom stereocenters. The Morgan fingerprint density at radius 1 is 1.09 bits per heavy atom. The summed E-state index contributed by atoms with van der Waals surface area (Å²) in [5.41, 5.74) is 8.31. The normalized spacial score (nSPS) is 18.4. The molecule has 0 saturated heterocycles. The van der Waals surface area contributed by atoms with E-state index in [2.05, 4.69) is 9.97 Å². The molecule has 0 bridgehead atoms. The number of anilines is 1. The van der Waals surface area contributed by atoms with E-state index in [-0.39, 0.29) is 23.6 Å². The van der Waals surface area contributed by atoms with E-state index >= 15 is 0 Å². The molecule has 2 atom stereocenters. The molecule has 0 spiro atoms. The monoisotopic (exact) mass is 449 g/mol. The van der Waals surface area contributed by atoms with Crippen LogP contribution in [0, 0.1) is 5.82 Å². The number of ether oxygens (including phenoxy) is 2. The van der Waals surface area contributed by atoms with Crippen molar-refractivity contribution >= 4 is 16.9 Å². The number of aliphatic hydroxyl groups excluding tert-OH is 1. The number of halogens is 1. The molecule has 4 aromatic rings. The summed E-state index contributed by atoms with van der Waals surface area (Å²) < 4.78 is 27.0. The minimum absolute atomic E-state index is 0.0398. The molecule has 1 saturated carbocycles. The van der Waals surface area contributed by atoms with Crippen molar-refractivity contribution in [2.24, 2.45) is 0 Å². The van der Waals surface area contributed by atoms with Crippen LogP contribution in [0.25, 0.3) is 22.3 Å². The molecule has 0 amide bonds. The van der Waals surface area contributed by atoms with Gasteiger partial charge in [0.25, 0.3) is 0 Å². The third kappa shape index (κ3) is 3.95. The number of aliphatic hydroxyl groups is 1. The molecule has 2 aromatic heterocycles. The second-order valence-electron chi connectivity index (χ2n) is 8.12. The third-order valence-corrected chi connectivity index (χ3v) is 5.99. The molecule has 3 N–H and O–H groups in total. The van der Waals surface area contributed by atoms with Gasteiger partial charge in [0.1, 0.15) is 23.6 Å². The van der Waals surface area contributed by atoms with Gasteiger partial charge in [0.15, 0.2) is 17.1 Å². The second-order valence-corrected chi connectivity index (χ2v) is 8.12. The van der Waals surface area contributed by atoms with Crippen LogP contribution < -0.4 is 15.2 Å². The quantitative estimate of drug-likeness (QED) is 0.462. The summed E-state index contributed by atoms with van der Waals surface area (Å²) in [5, 5.41) is 15.7. The van der Waals surface area contributed by atoms with Gasteiger partial charge in [-0.15, -0.1) is 0 Å². The topological polar surface area (TPSA) is 108 Å². The first-order valence-corrected chi connectivity index (χ1v) is 10.8. The van der Waals surface area contributed by atoms with Crippen LogP contribution >= 0.6 is 0 Å². The van der Waals surface area contributed by atoms with Crippen LogP contribution in [-0.2, 0) is 0 Å². The predicted molar refractivity (Wildman–Crippen MR) is 122 cm³/mol. The van der Waals surface area contributed by atoms with Gasteiger partial charge < -0.3 is 20.3 Å². The fraction of sp³-hybridized carbons (Fsp3) is 0.292. The van der Waals surface area contributed by atoms with Gasteiger partial charge in [-0.25, -0.2) is 14.6 Å². The van der Waals surface area contributed by atoms with Crippen molar-refractivity contribution in [1.82, 2.24) is 19.7 Å². The third-order valence-electron chi connectivity index (χ3n) is 5.99. The lowest BCUT2D eigenvalue weighted by Crippen LogP contribution is -2.23. The number of benzene rings is 2. The summed E-state index contributed by atoms with van der Waals surface area (Å²) >= 11 is 0. The molecule has 170 valence electrons. The number of nitrogens with zero attached hydrogens (tertiary/aromatic N) is 4. The smallest absolute Gasteiger partial charge is 0.207 e. The Bertz CT molecular complexity index is 1290. The molecule has 0 aliphatic heterocycles. The lowest BCUT2D eigenvalue weighted by Gasteiger charge is -2.26. The number of hydrogen-bond acceptors (Lipinski definition) is 7. The van der Waals surface area contributed by atoms with E-state index in [9.17, 15) is 9.50 Å². The highest BCUT2D eigenvalue weighted by atomic mass is 19.1. The van der Waals surface area contributed by atoms with E-state index in [4.69, 9.17) is 20.3 Å². The van der Waals surface area contributed by atoms with E-state index in [0.717, 1.165) is 24.8 Å². The SMILES string of the molecule is COc1cccc(Oc2ccc(-c3nn([C@H]4CCC[C@@H](O)C4)c4ncnc(N)c34)cc2)c1F. The van der Waals surface area contributed by atoms with Gasteiger partial charge in [0, 0.05) is 5.56 Å². The van der Waals surface area contributed by atoms with Gasteiger partial charge in [-0.3, -0.25) is 0 Å². The standard InChI is InChI=1S/C24H24FN5O3/c1-32-18-6-3-7-19(21(18)25)33-17-10-8-14(9-11-17)22-20-23(26)27-13-28-24(20)30(29-22)15-4-2-5-16(31)12-15/h3,6-11,13,15-16,31H,2,4-5,12H2,1H3,(H2,26,27,28)/t15-,16+/m0/s1. The first-order chi connectivity index (χ1) is 16.0. The van der Waals surface area contributed by atoms with Gasteiger partial charge in [-0.1, -0.05) is 6.07 Å². The number of aromatic nitrogens is 4. The minimum Gasteiger partial charge on any atom is -0.494 e. The molecule has 5 rings (SSSR count). The lowest BCUT2D eigenvalue weighted by atomic mass is 9.93. The van der Waals surface area contributed by atoms with Crippen LogP contribution in [0.4, 0.5) is 10.2 Å². The molecule has 8 nitrogen and oxygen atoms in total. The zero-order chi connectivity index (χ0) is 22.9. The van der Waals surface area contributed by atoms with E-state index in [1.807, 2.05) is 16.8 Å². The lowest BCUT2D eigenvalue weighted by molar-refractivity contribution is 0.101. The number of nitrogen functional groups attached to an aromatic ring is 1. The summed E-state index contributed by atoms with van der Waals surface area (Å²) in [5.74, 6) is 0.439. The predicted octanol–water partition coefficient (Wildman–Crippen LogP) is 4.49. The maximum Gasteiger partial charge on any atom is 0.207 e. The van der Waals surface area contributed by atoms with Gasteiger partial charge in [0.05, 0.1) is 24.6 Å². The number of fused-ring (bicyclic) bond motifs is 1. The molecule has 9 heteroatoms.